The first-order valence-electron chi connectivity index (χ1n) is 16.1. The van der Waals surface area contributed by atoms with Crippen molar-refractivity contribution in [2.24, 2.45) is 0 Å². The topological polar surface area (TPSA) is 159 Å². The molecule has 0 radical (unpaired) electrons. The van der Waals surface area contributed by atoms with Gasteiger partial charge in [-0.3, -0.25) is 9.80 Å². The minimum atomic E-state index is -1.02. The number of hydrogen-bond donors (Lipinski definition) is 1. The van der Waals surface area contributed by atoms with Crippen molar-refractivity contribution in [3.8, 4) is 0 Å². The van der Waals surface area contributed by atoms with Crippen molar-refractivity contribution in [1.29, 1.82) is 0 Å². The molecule has 264 valence electrons. The molecule has 1 unspecified atom stereocenters. The van der Waals surface area contributed by atoms with E-state index >= 15 is 0 Å². The van der Waals surface area contributed by atoms with Crippen LogP contribution < -0.4 is 0 Å². The van der Waals surface area contributed by atoms with Crippen LogP contribution in [0.1, 0.15) is 54.3 Å². The van der Waals surface area contributed by atoms with Crippen LogP contribution in [0.25, 0.3) is 0 Å². The van der Waals surface area contributed by atoms with Crippen LogP contribution >= 0.6 is 0 Å². The third-order valence-corrected chi connectivity index (χ3v) is 7.76. The summed E-state index contributed by atoms with van der Waals surface area (Å²) in [4.78, 5) is 49.1. The van der Waals surface area contributed by atoms with Gasteiger partial charge in [-0.2, -0.15) is 0 Å². The van der Waals surface area contributed by atoms with E-state index in [4.69, 9.17) is 28.4 Å². The molecular formula is C35H44N4O10. The Labute approximate surface area is 285 Å². The Morgan fingerprint density at radius 3 is 1.73 bits per heavy atom. The average Bonchev–Trinajstić information content (AvgIpc) is 3.12. The summed E-state index contributed by atoms with van der Waals surface area (Å²) >= 11 is 0. The summed E-state index contributed by atoms with van der Waals surface area (Å²) in [5.41, 5.74) is 2.72. The highest BCUT2D eigenvalue weighted by Crippen LogP contribution is 2.28. The molecule has 1 aliphatic rings. The second kappa shape index (κ2) is 20.3. The van der Waals surface area contributed by atoms with E-state index in [1.165, 1.54) is 14.2 Å². The lowest BCUT2D eigenvalue weighted by Gasteiger charge is -2.32. The molecule has 3 aromatic rings. The van der Waals surface area contributed by atoms with Crippen LogP contribution in [-0.4, -0.2) is 136 Å². The molecule has 49 heavy (non-hydrogen) atoms. The molecule has 0 amide bonds. The van der Waals surface area contributed by atoms with Crippen LogP contribution in [0.2, 0.25) is 0 Å². The first-order chi connectivity index (χ1) is 23.9. The highest BCUT2D eigenvalue weighted by molar-refractivity contribution is 5.88. The quantitative estimate of drug-likeness (QED) is 0.346. The number of hydrogen-bond acceptors (Lipinski definition) is 13. The molecule has 1 saturated heterocycles. The number of carboxylic acids is 1. The van der Waals surface area contributed by atoms with Gasteiger partial charge >= 0.3 is 17.9 Å². The van der Waals surface area contributed by atoms with Crippen LogP contribution in [0.5, 0.6) is 0 Å². The molecule has 1 atom stereocenters. The van der Waals surface area contributed by atoms with Crippen molar-refractivity contribution in [3.05, 3.63) is 94.6 Å². The maximum Gasteiger partial charge on any atom is 0.356 e. The number of nitrogens with zero attached hydrogens (tertiary/aromatic N) is 4. The van der Waals surface area contributed by atoms with Crippen LogP contribution in [-0.2, 0) is 35.0 Å². The number of esters is 2. The molecule has 4 rings (SSSR count). The summed E-state index contributed by atoms with van der Waals surface area (Å²) in [5, 5.41) is 9.45. The summed E-state index contributed by atoms with van der Waals surface area (Å²) < 4.78 is 33.4. The fourth-order valence-electron chi connectivity index (χ4n) is 5.25. The van der Waals surface area contributed by atoms with E-state index in [1.54, 1.807) is 48.5 Å². The molecule has 14 nitrogen and oxygen atoms in total. The lowest BCUT2D eigenvalue weighted by molar-refractivity contribution is 0.00330. The van der Waals surface area contributed by atoms with E-state index < -0.39 is 23.9 Å². The first kappa shape index (κ1) is 37.5. The van der Waals surface area contributed by atoms with E-state index in [-0.39, 0.29) is 17.0 Å². The van der Waals surface area contributed by atoms with Crippen LogP contribution in [0.15, 0.2) is 60.7 Å². The Hall–Kier alpha value is -4.31. The monoisotopic (exact) mass is 680 g/mol. The van der Waals surface area contributed by atoms with E-state index in [0.717, 1.165) is 11.3 Å². The average molecular weight is 681 g/mol. The minimum Gasteiger partial charge on any atom is -0.478 e. The summed E-state index contributed by atoms with van der Waals surface area (Å²) in [5.74, 6) is -2.06. The highest BCUT2D eigenvalue weighted by Gasteiger charge is 2.25. The summed E-state index contributed by atoms with van der Waals surface area (Å²) in [6.45, 7) is 5.96. The van der Waals surface area contributed by atoms with Gasteiger partial charge in [-0.15, -0.1) is 0 Å². The molecule has 1 aliphatic heterocycles. The van der Waals surface area contributed by atoms with Gasteiger partial charge in [0.05, 0.1) is 90.1 Å². The number of aromatic nitrogens is 2. The van der Waals surface area contributed by atoms with Gasteiger partial charge in [0.2, 0.25) is 0 Å². The number of methoxy groups -OCH3 is 2. The number of rotatable bonds is 8. The van der Waals surface area contributed by atoms with E-state index in [1.807, 2.05) is 12.1 Å². The van der Waals surface area contributed by atoms with Gasteiger partial charge in [-0.25, -0.2) is 24.4 Å². The summed E-state index contributed by atoms with van der Waals surface area (Å²) in [6.07, 6.45) is 0. The standard InChI is InChI=1S/C35H44N4O10/c1-44-34(42)30-7-3-5-28(36-30)25-38-13-17-46-21-23-48-19-15-39(16-20-49-24-22-47-18-14-38)32(26-9-11-27(12-10-26)33(40)41)29-6-4-8-31(37-29)35(43)45-2/h3-12,32H,13-25H2,1-2H3,(H,40,41). The number of benzene rings is 1. The molecule has 1 aromatic carbocycles. The lowest BCUT2D eigenvalue weighted by atomic mass is 9.99. The minimum absolute atomic E-state index is 0.165. The number of carboxylic acid groups (broad SMARTS) is 1. The predicted octanol–water partition coefficient (Wildman–Crippen LogP) is 2.72. The van der Waals surface area contributed by atoms with Crippen molar-refractivity contribution < 1.29 is 47.9 Å². The van der Waals surface area contributed by atoms with Gasteiger partial charge in [0.15, 0.2) is 0 Å². The Morgan fingerprint density at radius 1 is 0.694 bits per heavy atom. The van der Waals surface area contributed by atoms with Crippen molar-refractivity contribution in [2.75, 3.05) is 93.3 Å². The molecular weight excluding hydrogens is 636 g/mol. The zero-order chi connectivity index (χ0) is 34.8. The number of aromatic carboxylic acids is 1. The molecule has 0 saturated carbocycles. The van der Waals surface area contributed by atoms with Crippen molar-refractivity contribution in [2.45, 2.75) is 12.6 Å². The van der Waals surface area contributed by atoms with Crippen molar-refractivity contribution in [3.63, 3.8) is 0 Å². The van der Waals surface area contributed by atoms with E-state index in [0.29, 0.717) is 91.3 Å². The number of carbonyl (C=O) groups excluding carboxylic acids is 2. The number of carbonyl (C=O) groups is 3. The molecule has 1 N–H and O–H groups in total. The fourth-order valence-corrected chi connectivity index (χ4v) is 5.25. The largest absolute Gasteiger partial charge is 0.478 e. The molecule has 3 heterocycles. The molecule has 1 fully saturated rings. The van der Waals surface area contributed by atoms with Crippen molar-refractivity contribution >= 4 is 17.9 Å². The van der Waals surface area contributed by atoms with Crippen LogP contribution in [0, 0.1) is 0 Å². The second-order valence-corrected chi connectivity index (χ2v) is 11.0. The molecule has 0 aliphatic carbocycles. The number of ether oxygens (including phenoxy) is 6. The Kier molecular flexibility index (Phi) is 15.5. The first-order valence-corrected chi connectivity index (χ1v) is 16.1. The molecule has 0 bridgehead atoms. The fraction of sp³-hybridized carbons (Fsp3) is 0.457. The van der Waals surface area contributed by atoms with Gasteiger partial charge in [-0.1, -0.05) is 24.3 Å². The molecule has 14 heteroatoms. The zero-order valence-corrected chi connectivity index (χ0v) is 28.0. The summed E-state index contributed by atoms with van der Waals surface area (Å²) in [7, 11) is 2.63. The van der Waals surface area contributed by atoms with Gasteiger partial charge in [-0.05, 0) is 42.0 Å². The smallest absolute Gasteiger partial charge is 0.356 e. The second-order valence-electron chi connectivity index (χ2n) is 11.0. The lowest BCUT2D eigenvalue weighted by Crippen LogP contribution is -2.36. The van der Waals surface area contributed by atoms with Gasteiger partial charge < -0.3 is 33.5 Å². The predicted molar refractivity (Wildman–Crippen MR) is 177 cm³/mol. The van der Waals surface area contributed by atoms with E-state index in [2.05, 4.69) is 19.8 Å². The normalized spacial score (nSPS) is 17.3. The van der Waals surface area contributed by atoms with Crippen LogP contribution in [0.3, 0.4) is 0 Å². The third kappa shape index (κ3) is 12.0. The maximum atomic E-state index is 12.3. The molecule has 0 spiro atoms. The number of pyridine rings is 2. The van der Waals surface area contributed by atoms with Gasteiger partial charge in [0.25, 0.3) is 0 Å². The zero-order valence-electron chi connectivity index (χ0n) is 28.0. The SMILES string of the molecule is COC(=O)c1cccc(CN2CCOCCOCCN(C(c3ccc(C(=O)O)cc3)c3cccc(C(=O)OC)n3)CCOCCOCC2)n1. The van der Waals surface area contributed by atoms with Gasteiger partial charge in [0.1, 0.15) is 11.4 Å². The highest BCUT2D eigenvalue weighted by atomic mass is 16.5. The Balaban J connectivity index is 1.43. The maximum absolute atomic E-state index is 12.3. The van der Waals surface area contributed by atoms with Crippen molar-refractivity contribution in [1.82, 2.24) is 19.8 Å². The van der Waals surface area contributed by atoms with Crippen LogP contribution in [0.4, 0.5) is 0 Å². The Morgan fingerprint density at radius 2 is 1.20 bits per heavy atom. The molecule has 2 aromatic heterocycles. The summed E-state index contributed by atoms with van der Waals surface area (Å²) in [6, 6.07) is 16.6. The van der Waals surface area contributed by atoms with E-state index in [9.17, 15) is 19.5 Å². The third-order valence-electron chi connectivity index (χ3n) is 7.76. The Bertz CT molecular complexity index is 1470. The van der Waals surface area contributed by atoms with Gasteiger partial charge in [0, 0.05) is 32.7 Å².